The lowest BCUT2D eigenvalue weighted by molar-refractivity contribution is 0.210. The molecule has 0 aliphatic rings. The Morgan fingerprint density at radius 2 is 2.00 bits per heavy atom. The summed E-state index contributed by atoms with van der Waals surface area (Å²) in [6.07, 6.45) is -1.15. The number of anilines is 2. The number of nitrogens with one attached hydrogen (secondary N) is 1. The largest absolute Gasteiger partial charge is 0.465 e. The van der Waals surface area contributed by atoms with Crippen LogP contribution < -0.4 is 10.2 Å². The number of amides is 1. The molecule has 0 atom stereocenters. The van der Waals surface area contributed by atoms with Crippen LogP contribution in [0.3, 0.4) is 0 Å². The summed E-state index contributed by atoms with van der Waals surface area (Å²) < 4.78 is 0. The standard InChI is InChI=1S/C13H13ClN4O2/c1-18(2)11-7-10(14)16-12(17-11)8-5-3-4-6-9(8)15-13(19)20/h3-7,15H,1-2H3,(H,19,20). The number of halogens is 1. The van der Waals surface area contributed by atoms with E-state index >= 15 is 0 Å². The maximum atomic E-state index is 10.8. The molecule has 7 heteroatoms. The number of hydrogen-bond acceptors (Lipinski definition) is 4. The summed E-state index contributed by atoms with van der Waals surface area (Å²) >= 11 is 5.99. The number of benzene rings is 1. The van der Waals surface area contributed by atoms with Crippen LogP contribution in [0.25, 0.3) is 11.4 Å². The van der Waals surface area contributed by atoms with Crippen LogP contribution in [-0.2, 0) is 0 Å². The molecule has 1 heterocycles. The van der Waals surface area contributed by atoms with Crippen LogP contribution in [0, 0.1) is 0 Å². The van der Waals surface area contributed by atoms with Crippen molar-refractivity contribution >= 4 is 29.2 Å². The van der Waals surface area contributed by atoms with Crippen LogP contribution in [0.5, 0.6) is 0 Å². The smallest absolute Gasteiger partial charge is 0.409 e. The van der Waals surface area contributed by atoms with E-state index in [1.807, 2.05) is 14.1 Å². The van der Waals surface area contributed by atoms with Gasteiger partial charge in [0.15, 0.2) is 5.82 Å². The highest BCUT2D eigenvalue weighted by Crippen LogP contribution is 2.27. The van der Waals surface area contributed by atoms with Crippen molar-refractivity contribution in [2.75, 3.05) is 24.3 Å². The third-order valence-corrected chi connectivity index (χ3v) is 2.74. The molecule has 0 saturated carbocycles. The molecule has 0 saturated heterocycles. The van der Waals surface area contributed by atoms with Gasteiger partial charge in [-0.3, -0.25) is 5.32 Å². The number of aromatic nitrogens is 2. The van der Waals surface area contributed by atoms with Gasteiger partial charge in [-0.05, 0) is 12.1 Å². The molecular weight excluding hydrogens is 280 g/mol. The van der Waals surface area contributed by atoms with E-state index in [-0.39, 0.29) is 0 Å². The van der Waals surface area contributed by atoms with Crippen molar-refractivity contribution < 1.29 is 9.90 Å². The SMILES string of the molecule is CN(C)c1cc(Cl)nc(-c2ccccc2NC(=O)O)n1. The monoisotopic (exact) mass is 292 g/mol. The molecule has 0 aliphatic heterocycles. The van der Waals surface area contributed by atoms with E-state index in [0.29, 0.717) is 28.0 Å². The molecule has 0 radical (unpaired) electrons. The number of para-hydroxylation sites is 1. The highest BCUT2D eigenvalue weighted by Gasteiger charge is 2.12. The fourth-order valence-electron chi connectivity index (χ4n) is 1.66. The van der Waals surface area contributed by atoms with Gasteiger partial charge in [0.05, 0.1) is 5.69 Å². The molecule has 2 N–H and O–H groups in total. The van der Waals surface area contributed by atoms with Gasteiger partial charge in [0.2, 0.25) is 0 Å². The average Bonchev–Trinajstić information content (AvgIpc) is 2.37. The number of rotatable bonds is 3. The van der Waals surface area contributed by atoms with Crippen LogP contribution in [0.15, 0.2) is 30.3 Å². The van der Waals surface area contributed by atoms with Crippen LogP contribution in [0.1, 0.15) is 0 Å². The molecule has 0 bridgehead atoms. The Labute approximate surface area is 121 Å². The molecule has 0 spiro atoms. The van der Waals surface area contributed by atoms with Crippen molar-refractivity contribution in [1.82, 2.24) is 9.97 Å². The quantitative estimate of drug-likeness (QED) is 0.850. The van der Waals surface area contributed by atoms with Gasteiger partial charge < -0.3 is 10.0 Å². The summed E-state index contributed by atoms with van der Waals surface area (Å²) in [4.78, 5) is 21.1. The zero-order valence-electron chi connectivity index (χ0n) is 11.0. The normalized spacial score (nSPS) is 10.2. The predicted octanol–water partition coefficient (Wildman–Crippen LogP) is 2.95. The first-order valence-corrected chi connectivity index (χ1v) is 6.16. The van der Waals surface area contributed by atoms with Crippen molar-refractivity contribution in [3.8, 4) is 11.4 Å². The molecule has 1 amide bonds. The van der Waals surface area contributed by atoms with Crippen LogP contribution >= 0.6 is 11.6 Å². The van der Waals surface area contributed by atoms with E-state index in [9.17, 15) is 4.79 Å². The second-order valence-corrected chi connectivity index (χ2v) is 4.63. The van der Waals surface area contributed by atoms with E-state index in [2.05, 4.69) is 15.3 Å². The molecule has 104 valence electrons. The lowest BCUT2D eigenvalue weighted by Crippen LogP contribution is -2.12. The van der Waals surface area contributed by atoms with Gasteiger partial charge in [0.25, 0.3) is 0 Å². The number of nitrogens with zero attached hydrogens (tertiary/aromatic N) is 3. The summed E-state index contributed by atoms with van der Waals surface area (Å²) in [6, 6.07) is 8.52. The first-order valence-electron chi connectivity index (χ1n) is 5.78. The van der Waals surface area contributed by atoms with Crippen LogP contribution in [-0.4, -0.2) is 35.3 Å². The van der Waals surface area contributed by atoms with E-state index in [4.69, 9.17) is 16.7 Å². The third-order valence-electron chi connectivity index (χ3n) is 2.55. The summed E-state index contributed by atoms with van der Waals surface area (Å²) in [5.74, 6) is 1.01. The molecule has 6 nitrogen and oxygen atoms in total. The van der Waals surface area contributed by atoms with Gasteiger partial charge in [-0.15, -0.1) is 0 Å². The summed E-state index contributed by atoms with van der Waals surface area (Å²) in [5.41, 5.74) is 0.979. The fourth-order valence-corrected chi connectivity index (χ4v) is 1.84. The fraction of sp³-hybridized carbons (Fsp3) is 0.154. The van der Waals surface area contributed by atoms with E-state index in [0.717, 1.165) is 0 Å². The van der Waals surface area contributed by atoms with Crippen molar-refractivity contribution in [1.29, 1.82) is 0 Å². The second kappa shape index (κ2) is 5.75. The third kappa shape index (κ3) is 3.16. The highest BCUT2D eigenvalue weighted by molar-refractivity contribution is 6.29. The molecule has 0 fully saturated rings. The van der Waals surface area contributed by atoms with Gasteiger partial charge in [0.1, 0.15) is 11.0 Å². The average molecular weight is 293 g/mol. The molecule has 2 rings (SSSR count). The van der Waals surface area contributed by atoms with Gasteiger partial charge in [-0.2, -0.15) is 0 Å². The Hall–Kier alpha value is -2.34. The van der Waals surface area contributed by atoms with Gasteiger partial charge in [-0.1, -0.05) is 23.7 Å². The van der Waals surface area contributed by atoms with Crippen molar-refractivity contribution in [3.05, 3.63) is 35.5 Å². The number of carbonyl (C=O) groups is 1. The van der Waals surface area contributed by atoms with Gasteiger partial charge >= 0.3 is 6.09 Å². The summed E-state index contributed by atoms with van der Waals surface area (Å²) in [6.45, 7) is 0. The predicted molar refractivity (Wildman–Crippen MR) is 78.5 cm³/mol. The minimum atomic E-state index is -1.15. The van der Waals surface area contributed by atoms with Crippen molar-refractivity contribution in [2.24, 2.45) is 0 Å². The second-order valence-electron chi connectivity index (χ2n) is 4.24. The van der Waals surface area contributed by atoms with Crippen molar-refractivity contribution in [2.45, 2.75) is 0 Å². The van der Waals surface area contributed by atoms with Gasteiger partial charge in [-0.25, -0.2) is 14.8 Å². The van der Waals surface area contributed by atoms with Gasteiger partial charge in [0, 0.05) is 25.7 Å². The number of hydrogen-bond donors (Lipinski definition) is 2. The summed E-state index contributed by atoms with van der Waals surface area (Å²) in [7, 11) is 3.67. The lowest BCUT2D eigenvalue weighted by atomic mass is 10.1. The molecule has 1 aromatic heterocycles. The highest BCUT2D eigenvalue weighted by atomic mass is 35.5. The zero-order valence-corrected chi connectivity index (χ0v) is 11.7. The lowest BCUT2D eigenvalue weighted by Gasteiger charge is -2.14. The maximum absolute atomic E-state index is 10.8. The molecule has 20 heavy (non-hydrogen) atoms. The van der Waals surface area contributed by atoms with E-state index in [1.165, 1.54) is 0 Å². The van der Waals surface area contributed by atoms with Crippen molar-refractivity contribution in [3.63, 3.8) is 0 Å². The topological polar surface area (TPSA) is 78.4 Å². The van der Waals surface area contributed by atoms with Crippen LogP contribution in [0.4, 0.5) is 16.3 Å². The molecule has 2 aromatic rings. The maximum Gasteiger partial charge on any atom is 0.409 e. The minimum absolute atomic E-state index is 0.295. The first-order chi connectivity index (χ1) is 9.47. The van der Waals surface area contributed by atoms with E-state index in [1.54, 1.807) is 35.2 Å². The Balaban J connectivity index is 2.53. The van der Waals surface area contributed by atoms with E-state index < -0.39 is 6.09 Å². The minimum Gasteiger partial charge on any atom is -0.465 e. The first kappa shape index (κ1) is 14.1. The zero-order chi connectivity index (χ0) is 14.7. The molecule has 1 aromatic carbocycles. The summed E-state index contributed by atoms with van der Waals surface area (Å²) in [5, 5.41) is 11.5. The number of carboxylic acid groups (broad SMARTS) is 1. The molecule has 0 aliphatic carbocycles. The Morgan fingerprint density at radius 3 is 2.65 bits per heavy atom. The Bertz CT molecular complexity index is 646. The molecular formula is C13H13ClN4O2. The van der Waals surface area contributed by atoms with Crippen LogP contribution in [0.2, 0.25) is 5.15 Å². The Morgan fingerprint density at radius 1 is 1.30 bits per heavy atom. The Kier molecular flexibility index (Phi) is 4.05. The molecule has 0 unspecified atom stereocenters.